The Balaban J connectivity index is 2.16. The molecule has 0 spiro atoms. The van der Waals surface area contributed by atoms with Gasteiger partial charge in [-0.3, -0.25) is 0 Å². The first kappa shape index (κ1) is 15.9. The van der Waals surface area contributed by atoms with Crippen LogP contribution >= 0.6 is 0 Å². The molecule has 0 saturated carbocycles. The van der Waals surface area contributed by atoms with E-state index in [1.807, 2.05) is 0 Å². The molecule has 3 heteroatoms. The molecule has 1 rings (SSSR count). The number of nitrogens with one attached hydrogen (secondary N) is 1. The second-order valence-electron chi connectivity index (χ2n) is 6.42. The van der Waals surface area contributed by atoms with Crippen LogP contribution in [0, 0.1) is 17.8 Å². The molecule has 1 aliphatic heterocycles. The second-order valence-corrected chi connectivity index (χ2v) is 6.42. The summed E-state index contributed by atoms with van der Waals surface area (Å²) in [4.78, 5) is 2.57. The molecule has 1 saturated heterocycles. The summed E-state index contributed by atoms with van der Waals surface area (Å²) in [5, 5.41) is 3.54. The van der Waals surface area contributed by atoms with Gasteiger partial charge in [-0.2, -0.15) is 0 Å². The third kappa shape index (κ3) is 7.34. The predicted octanol–water partition coefficient (Wildman–Crippen LogP) is 2.23. The van der Waals surface area contributed by atoms with Crippen molar-refractivity contribution < 1.29 is 4.74 Å². The summed E-state index contributed by atoms with van der Waals surface area (Å²) in [5.74, 6) is 2.24. The van der Waals surface area contributed by atoms with Crippen LogP contribution in [0.15, 0.2) is 0 Å². The van der Waals surface area contributed by atoms with E-state index in [2.05, 4.69) is 37.9 Å². The van der Waals surface area contributed by atoms with E-state index in [4.69, 9.17) is 4.74 Å². The Kier molecular flexibility index (Phi) is 7.87. The first-order chi connectivity index (χ1) is 8.58. The minimum atomic E-state index is 0.744. The molecule has 0 aromatic heterocycles. The van der Waals surface area contributed by atoms with E-state index < -0.39 is 0 Å². The molecule has 0 aliphatic carbocycles. The molecule has 0 radical (unpaired) electrons. The van der Waals surface area contributed by atoms with Crippen molar-refractivity contribution in [2.24, 2.45) is 17.8 Å². The van der Waals surface area contributed by atoms with Crippen LogP contribution in [0.3, 0.4) is 0 Å². The Morgan fingerprint density at radius 3 is 2.28 bits per heavy atom. The van der Waals surface area contributed by atoms with E-state index in [1.54, 1.807) is 0 Å². The van der Waals surface area contributed by atoms with Crippen molar-refractivity contribution in [1.29, 1.82) is 0 Å². The highest BCUT2D eigenvalue weighted by atomic mass is 16.5. The average molecular weight is 256 g/mol. The van der Waals surface area contributed by atoms with E-state index in [1.165, 1.54) is 19.5 Å². The Morgan fingerprint density at radius 2 is 1.72 bits per heavy atom. The summed E-state index contributed by atoms with van der Waals surface area (Å²) in [6, 6.07) is 0. The molecule has 1 heterocycles. The summed E-state index contributed by atoms with van der Waals surface area (Å²) < 4.78 is 5.73. The van der Waals surface area contributed by atoms with Crippen molar-refractivity contribution in [3.63, 3.8) is 0 Å². The van der Waals surface area contributed by atoms with Gasteiger partial charge in [0.05, 0.1) is 6.61 Å². The molecule has 1 N–H and O–H groups in total. The van der Waals surface area contributed by atoms with Gasteiger partial charge in [0, 0.05) is 26.2 Å². The lowest BCUT2D eigenvalue weighted by molar-refractivity contribution is 0.0829. The third-order valence-corrected chi connectivity index (χ3v) is 3.52. The second kappa shape index (κ2) is 8.89. The zero-order chi connectivity index (χ0) is 13.4. The van der Waals surface area contributed by atoms with Gasteiger partial charge in [-0.05, 0) is 37.3 Å². The Hall–Kier alpha value is -0.120. The lowest BCUT2D eigenvalue weighted by atomic mass is 10.1. The molecule has 1 aliphatic rings. The van der Waals surface area contributed by atoms with E-state index >= 15 is 0 Å². The first-order valence-corrected chi connectivity index (χ1v) is 7.58. The molecular formula is C15H32N2O. The number of nitrogens with zero attached hydrogens (tertiary/aromatic N) is 1. The van der Waals surface area contributed by atoms with Gasteiger partial charge in [-0.25, -0.2) is 0 Å². The third-order valence-electron chi connectivity index (χ3n) is 3.52. The fraction of sp³-hybridized carbons (Fsp3) is 1.00. The maximum atomic E-state index is 5.73. The summed E-state index contributed by atoms with van der Waals surface area (Å²) >= 11 is 0. The largest absolute Gasteiger partial charge is 0.380 e. The Labute approximate surface area is 113 Å². The Morgan fingerprint density at radius 1 is 1.11 bits per heavy atom. The summed E-state index contributed by atoms with van der Waals surface area (Å²) in [5.41, 5.74) is 0. The molecule has 0 aromatic rings. The van der Waals surface area contributed by atoms with E-state index in [0.29, 0.717) is 0 Å². The van der Waals surface area contributed by atoms with Gasteiger partial charge in [0.1, 0.15) is 0 Å². The van der Waals surface area contributed by atoms with Crippen LogP contribution in [0.4, 0.5) is 0 Å². The number of ether oxygens (including phenoxy) is 1. The van der Waals surface area contributed by atoms with Gasteiger partial charge >= 0.3 is 0 Å². The van der Waals surface area contributed by atoms with Crippen LogP contribution in [-0.4, -0.2) is 50.8 Å². The van der Waals surface area contributed by atoms with Crippen molar-refractivity contribution in [3.8, 4) is 0 Å². The van der Waals surface area contributed by atoms with Crippen LogP contribution in [0.1, 0.15) is 34.1 Å². The minimum Gasteiger partial charge on any atom is -0.380 e. The van der Waals surface area contributed by atoms with Crippen LogP contribution in [0.2, 0.25) is 0 Å². The fourth-order valence-electron chi connectivity index (χ4n) is 2.46. The monoisotopic (exact) mass is 256 g/mol. The van der Waals surface area contributed by atoms with Crippen LogP contribution in [-0.2, 0) is 4.74 Å². The van der Waals surface area contributed by atoms with Crippen molar-refractivity contribution >= 4 is 0 Å². The number of hydrogen-bond acceptors (Lipinski definition) is 3. The molecule has 0 aromatic carbocycles. The molecule has 1 fully saturated rings. The van der Waals surface area contributed by atoms with Gasteiger partial charge in [0.2, 0.25) is 0 Å². The molecule has 2 unspecified atom stereocenters. The van der Waals surface area contributed by atoms with E-state index in [-0.39, 0.29) is 0 Å². The van der Waals surface area contributed by atoms with Crippen molar-refractivity contribution in [3.05, 3.63) is 0 Å². The molecule has 3 nitrogen and oxygen atoms in total. The molecule has 0 amide bonds. The lowest BCUT2D eigenvalue weighted by Crippen LogP contribution is -2.43. The maximum absolute atomic E-state index is 5.73. The normalized spacial score (nSPS) is 27.2. The summed E-state index contributed by atoms with van der Waals surface area (Å²) in [6.07, 6.45) is 1.18. The highest BCUT2D eigenvalue weighted by Gasteiger charge is 2.16. The quantitative estimate of drug-likeness (QED) is 0.738. The summed E-state index contributed by atoms with van der Waals surface area (Å²) in [7, 11) is 0. The van der Waals surface area contributed by atoms with Gasteiger partial charge in [0.15, 0.2) is 0 Å². The Bertz CT molecular complexity index is 197. The van der Waals surface area contributed by atoms with Gasteiger partial charge in [-0.1, -0.05) is 27.7 Å². The zero-order valence-electron chi connectivity index (χ0n) is 12.7. The average Bonchev–Trinajstić information content (AvgIpc) is 2.25. The van der Waals surface area contributed by atoms with Crippen LogP contribution in [0.5, 0.6) is 0 Å². The van der Waals surface area contributed by atoms with Crippen LogP contribution in [0.25, 0.3) is 0 Å². The van der Waals surface area contributed by atoms with Crippen molar-refractivity contribution in [2.75, 3.05) is 45.9 Å². The van der Waals surface area contributed by atoms with Crippen molar-refractivity contribution in [1.82, 2.24) is 10.2 Å². The standard InChI is InChI=1S/C15H32N2O/c1-13(2)5-7-18-8-6-17-11-14(3)9-16-10-15(4)12-17/h13-16H,5-12H2,1-4H3. The van der Waals surface area contributed by atoms with Crippen LogP contribution < -0.4 is 5.32 Å². The SMILES string of the molecule is CC(C)CCOCCN1CC(C)CNCC(C)C1. The maximum Gasteiger partial charge on any atom is 0.0593 e. The fourth-order valence-corrected chi connectivity index (χ4v) is 2.46. The smallest absolute Gasteiger partial charge is 0.0593 e. The zero-order valence-corrected chi connectivity index (χ0v) is 12.7. The molecule has 0 bridgehead atoms. The highest BCUT2D eigenvalue weighted by molar-refractivity contribution is 4.72. The van der Waals surface area contributed by atoms with E-state index in [9.17, 15) is 0 Å². The predicted molar refractivity (Wildman–Crippen MR) is 77.9 cm³/mol. The van der Waals surface area contributed by atoms with Gasteiger partial charge in [-0.15, -0.1) is 0 Å². The van der Waals surface area contributed by atoms with Gasteiger partial charge in [0.25, 0.3) is 0 Å². The molecule has 108 valence electrons. The topological polar surface area (TPSA) is 24.5 Å². The molecule has 18 heavy (non-hydrogen) atoms. The highest BCUT2D eigenvalue weighted by Crippen LogP contribution is 2.07. The van der Waals surface area contributed by atoms with Crippen molar-refractivity contribution in [2.45, 2.75) is 34.1 Å². The number of rotatable bonds is 6. The summed E-state index contributed by atoms with van der Waals surface area (Å²) in [6.45, 7) is 16.7. The minimum absolute atomic E-state index is 0.744. The first-order valence-electron chi connectivity index (χ1n) is 7.58. The molecular weight excluding hydrogens is 224 g/mol. The van der Waals surface area contributed by atoms with E-state index in [0.717, 1.165) is 50.6 Å². The number of hydrogen-bond donors (Lipinski definition) is 1. The van der Waals surface area contributed by atoms with Gasteiger partial charge < -0.3 is 15.0 Å². The molecule has 2 atom stereocenters. The lowest BCUT2D eigenvalue weighted by Gasteiger charge is -2.31.